The maximum atomic E-state index is 13.3. The first-order chi connectivity index (χ1) is 18.8. The van der Waals surface area contributed by atoms with E-state index in [0.29, 0.717) is 34.8 Å². The lowest BCUT2D eigenvalue weighted by atomic mass is 10.0. The van der Waals surface area contributed by atoms with E-state index in [4.69, 9.17) is 9.47 Å². The molecule has 0 aliphatic carbocycles. The Morgan fingerprint density at radius 2 is 1.56 bits per heavy atom. The molecule has 0 heterocycles. The molecule has 0 aliphatic heterocycles. The minimum atomic E-state index is -1.21. The van der Waals surface area contributed by atoms with E-state index in [9.17, 15) is 23.9 Å². The molecule has 0 bridgehead atoms. The fourth-order valence-electron chi connectivity index (χ4n) is 4.00. The Bertz CT molecular complexity index is 1260. The maximum absolute atomic E-state index is 13.3. The summed E-state index contributed by atoms with van der Waals surface area (Å²) < 4.78 is 24.5. The van der Waals surface area contributed by atoms with Crippen LogP contribution in [0.3, 0.4) is 0 Å². The molecule has 0 spiro atoms. The van der Waals surface area contributed by atoms with Gasteiger partial charge in [0.05, 0.1) is 12.2 Å². The number of ether oxygens (including phenoxy) is 2. The lowest BCUT2D eigenvalue weighted by molar-refractivity contribution is -0.139. The number of carbonyl (C=O) groups is 3. The van der Waals surface area contributed by atoms with Crippen LogP contribution in [-0.2, 0) is 11.2 Å². The molecule has 1 atom stereocenters. The van der Waals surface area contributed by atoms with Gasteiger partial charge in [-0.3, -0.25) is 4.79 Å². The van der Waals surface area contributed by atoms with Crippen molar-refractivity contribution in [2.75, 3.05) is 6.61 Å². The minimum absolute atomic E-state index is 0.00953. The zero-order valence-corrected chi connectivity index (χ0v) is 22.2. The smallest absolute Gasteiger partial charge is 0.343 e. The molecule has 0 radical (unpaired) electrons. The van der Waals surface area contributed by atoms with Gasteiger partial charge in [0.25, 0.3) is 5.91 Å². The Balaban J connectivity index is 1.52. The summed E-state index contributed by atoms with van der Waals surface area (Å²) in [4.78, 5) is 36.8. The molecular weight excluding hydrogens is 501 g/mol. The molecule has 0 aromatic heterocycles. The van der Waals surface area contributed by atoms with Crippen molar-refractivity contribution in [2.45, 2.75) is 58.4 Å². The second kappa shape index (κ2) is 14.7. The van der Waals surface area contributed by atoms with Crippen molar-refractivity contribution in [1.82, 2.24) is 5.32 Å². The van der Waals surface area contributed by atoms with Crippen LogP contribution in [0.25, 0.3) is 0 Å². The van der Waals surface area contributed by atoms with Gasteiger partial charge >= 0.3 is 11.9 Å². The van der Waals surface area contributed by atoms with Gasteiger partial charge in [-0.1, -0.05) is 44.7 Å². The number of esters is 1. The van der Waals surface area contributed by atoms with Gasteiger partial charge in [0.15, 0.2) is 0 Å². The van der Waals surface area contributed by atoms with Gasteiger partial charge in [-0.25, -0.2) is 14.0 Å². The monoisotopic (exact) mass is 535 g/mol. The summed E-state index contributed by atoms with van der Waals surface area (Å²) in [6, 6.07) is 15.6. The second-order valence-electron chi connectivity index (χ2n) is 9.35. The van der Waals surface area contributed by atoms with Crippen LogP contribution in [0.4, 0.5) is 4.39 Å². The molecule has 206 valence electrons. The summed E-state index contributed by atoms with van der Waals surface area (Å²) in [7, 11) is 0. The molecule has 0 aliphatic rings. The lowest BCUT2D eigenvalue weighted by Gasteiger charge is -2.16. The lowest BCUT2D eigenvalue weighted by Crippen LogP contribution is -2.42. The Morgan fingerprint density at radius 1 is 0.897 bits per heavy atom. The largest absolute Gasteiger partial charge is 0.494 e. The predicted octanol–water partition coefficient (Wildman–Crippen LogP) is 6.13. The highest BCUT2D eigenvalue weighted by molar-refractivity contribution is 5.97. The summed E-state index contributed by atoms with van der Waals surface area (Å²) >= 11 is 0. The Labute approximate surface area is 228 Å². The van der Waals surface area contributed by atoms with Crippen LogP contribution in [0.1, 0.15) is 70.9 Å². The molecule has 2 N–H and O–H groups in total. The number of carboxylic acid groups (broad SMARTS) is 1. The maximum Gasteiger partial charge on any atom is 0.343 e. The van der Waals surface area contributed by atoms with Crippen molar-refractivity contribution in [3.63, 3.8) is 0 Å². The van der Waals surface area contributed by atoms with E-state index in [1.54, 1.807) is 55.5 Å². The number of amides is 1. The molecule has 7 nitrogen and oxygen atoms in total. The average molecular weight is 536 g/mol. The van der Waals surface area contributed by atoms with E-state index < -0.39 is 29.7 Å². The van der Waals surface area contributed by atoms with Gasteiger partial charge < -0.3 is 19.9 Å². The standard InChI is InChI=1S/C31H34FNO6/c1-3-4-5-6-7-18-38-25-15-10-23(11-16-25)31(37)39-26-13-8-22(9-14-26)20-28(30(35)36)33-29(34)27-17-12-24(32)19-21(27)2/h8-17,19,28H,3-7,18,20H2,1-2H3,(H,33,34)(H,35,36)/t28-/m0/s1. The average Bonchev–Trinajstić information content (AvgIpc) is 2.91. The molecular formula is C31H34FNO6. The van der Waals surface area contributed by atoms with Crippen LogP contribution in [0.15, 0.2) is 66.7 Å². The van der Waals surface area contributed by atoms with Crippen molar-refractivity contribution >= 4 is 17.8 Å². The van der Waals surface area contributed by atoms with Crippen molar-refractivity contribution < 1.29 is 33.4 Å². The van der Waals surface area contributed by atoms with E-state index in [1.807, 2.05) is 0 Å². The fraction of sp³-hybridized carbons (Fsp3) is 0.323. The molecule has 1 amide bonds. The van der Waals surface area contributed by atoms with E-state index in [-0.39, 0.29) is 12.0 Å². The van der Waals surface area contributed by atoms with E-state index in [0.717, 1.165) is 18.9 Å². The first-order valence-electron chi connectivity index (χ1n) is 13.1. The normalized spacial score (nSPS) is 11.5. The zero-order chi connectivity index (χ0) is 28.2. The minimum Gasteiger partial charge on any atom is -0.494 e. The number of benzene rings is 3. The first kappa shape index (κ1) is 29.4. The molecule has 3 aromatic rings. The fourth-order valence-corrected chi connectivity index (χ4v) is 4.00. The van der Waals surface area contributed by atoms with Crippen LogP contribution >= 0.6 is 0 Å². The number of unbranched alkanes of at least 4 members (excludes halogenated alkanes) is 4. The summed E-state index contributed by atoms with van der Waals surface area (Å²) in [6.45, 7) is 4.39. The van der Waals surface area contributed by atoms with Crippen molar-refractivity contribution in [3.8, 4) is 11.5 Å². The zero-order valence-electron chi connectivity index (χ0n) is 22.2. The number of aryl methyl sites for hydroxylation is 1. The van der Waals surface area contributed by atoms with Gasteiger partial charge in [0.2, 0.25) is 0 Å². The molecule has 0 saturated heterocycles. The van der Waals surface area contributed by atoms with E-state index >= 15 is 0 Å². The van der Waals surface area contributed by atoms with Crippen LogP contribution in [0.2, 0.25) is 0 Å². The van der Waals surface area contributed by atoms with Crippen molar-refractivity contribution in [2.24, 2.45) is 0 Å². The molecule has 3 rings (SSSR count). The second-order valence-corrected chi connectivity index (χ2v) is 9.35. The number of nitrogens with one attached hydrogen (secondary N) is 1. The van der Waals surface area contributed by atoms with Crippen LogP contribution in [-0.4, -0.2) is 35.6 Å². The van der Waals surface area contributed by atoms with Crippen LogP contribution in [0.5, 0.6) is 11.5 Å². The number of hydrogen-bond acceptors (Lipinski definition) is 5. The number of rotatable bonds is 14. The number of carboxylic acids is 1. The first-order valence-corrected chi connectivity index (χ1v) is 13.1. The summed E-state index contributed by atoms with van der Waals surface area (Å²) in [5.74, 6) is -1.82. The topological polar surface area (TPSA) is 102 Å². The summed E-state index contributed by atoms with van der Waals surface area (Å²) in [5, 5.41) is 12.1. The number of hydrogen-bond donors (Lipinski definition) is 2. The number of halogens is 1. The molecule has 39 heavy (non-hydrogen) atoms. The molecule has 8 heteroatoms. The van der Waals surface area contributed by atoms with Gasteiger partial charge in [-0.05, 0) is 79.1 Å². The van der Waals surface area contributed by atoms with Crippen LogP contribution < -0.4 is 14.8 Å². The van der Waals surface area contributed by atoms with Gasteiger partial charge in [0.1, 0.15) is 23.4 Å². The van der Waals surface area contributed by atoms with E-state index in [1.165, 1.54) is 31.4 Å². The Morgan fingerprint density at radius 3 is 2.21 bits per heavy atom. The third-order valence-electron chi connectivity index (χ3n) is 6.22. The van der Waals surface area contributed by atoms with Gasteiger partial charge in [0, 0.05) is 12.0 Å². The van der Waals surface area contributed by atoms with Crippen molar-refractivity contribution in [3.05, 3.63) is 94.8 Å². The Kier molecular flexibility index (Phi) is 11.0. The molecule has 0 saturated carbocycles. The van der Waals surface area contributed by atoms with Gasteiger partial charge in [-0.15, -0.1) is 0 Å². The third kappa shape index (κ3) is 9.25. The predicted molar refractivity (Wildman–Crippen MR) is 146 cm³/mol. The van der Waals surface area contributed by atoms with E-state index in [2.05, 4.69) is 12.2 Å². The third-order valence-corrected chi connectivity index (χ3v) is 6.22. The number of aliphatic carboxylic acids is 1. The van der Waals surface area contributed by atoms with Crippen LogP contribution in [0, 0.1) is 12.7 Å². The molecule has 0 unspecified atom stereocenters. The molecule has 3 aromatic carbocycles. The summed E-state index contributed by atoms with van der Waals surface area (Å²) in [5.41, 5.74) is 1.60. The Hall–Kier alpha value is -4.20. The highest BCUT2D eigenvalue weighted by Gasteiger charge is 2.22. The highest BCUT2D eigenvalue weighted by atomic mass is 19.1. The quantitative estimate of drug-likeness (QED) is 0.146. The van der Waals surface area contributed by atoms with Crippen molar-refractivity contribution in [1.29, 1.82) is 0 Å². The number of carbonyl (C=O) groups excluding carboxylic acids is 2. The van der Waals surface area contributed by atoms with Gasteiger partial charge in [-0.2, -0.15) is 0 Å². The highest BCUT2D eigenvalue weighted by Crippen LogP contribution is 2.18. The summed E-state index contributed by atoms with van der Waals surface area (Å²) in [6.07, 6.45) is 5.78. The molecule has 0 fully saturated rings. The SMILES string of the molecule is CCCCCCCOc1ccc(C(=O)Oc2ccc(C[C@H](NC(=O)c3ccc(F)cc3C)C(=O)O)cc2)cc1.